The average Bonchev–Trinajstić information content (AvgIpc) is 2.14. The molecule has 15 heavy (non-hydrogen) atoms. The second kappa shape index (κ2) is 4.72. The van der Waals surface area contributed by atoms with Gasteiger partial charge in [0.2, 0.25) is 0 Å². The van der Waals surface area contributed by atoms with Gasteiger partial charge in [-0.15, -0.1) is 0 Å². The third-order valence-electron chi connectivity index (χ3n) is 1.78. The highest BCUT2D eigenvalue weighted by molar-refractivity contribution is 9.09. The van der Waals surface area contributed by atoms with Crippen LogP contribution in [-0.2, 0) is 6.18 Å². The van der Waals surface area contributed by atoms with Crippen LogP contribution in [-0.4, -0.2) is 10.4 Å². The molecule has 0 radical (unpaired) electrons. The normalized spacial score (nSPS) is 14.0. The molecule has 1 nitrogen and oxygen atoms in total. The van der Waals surface area contributed by atoms with Crippen LogP contribution in [0, 0.1) is 0 Å². The van der Waals surface area contributed by atoms with E-state index in [0.717, 1.165) is 12.1 Å². The van der Waals surface area contributed by atoms with Gasteiger partial charge in [0.1, 0.15) is 0 Å². The highest BCUT2D eigenvalue weighted by Gasteiger charge is 2.31. The lowest BCUT2D eigenvalue weighted by molar-refractivity contribution is -0.137. The lowest BCUT2D eigenvalue weighted by Crippen LogP contribution is -2.07. The third kappa shape index (κ3) is 3.36. The zero-order valence-corrected chi connectivity index (χ0v) is 9.70. The van der Waals surface area contributed by atoms with E-state index in [0.29, 0.717) is 0 Å². The molecule has 0 saturated heterocycles. The van der Waals surface area contributed by atoms with Crippen LogP contribution in [0.15, 0.2) is 18.2 Å². The molecule has 1 atom stereocenters. The van der Waals surface area contributed by atoms with Crippen LogP contribution in [0.5, 0.6) is 0 Å². The summed E-state index contributed by atoms with van der Waals surface area (Å²) in [4.78, 5) is 0. The lowest BCUT2D eigenvalue weighted by Gasteiger charge is -2.12. The van der Waals surface area contributed by atoms with E-state index in [-0.39, 0.29) is 15.9 Å². The van der Waals surface area contributed by atoms with Gasteiger partial charge in [-0.1, -0.05) is 27.5 Å². The summed E-state index contributed by atoms with van der Waals surface area (Å²) in [6.07, 6.45) is -5.45. The Kier molecular flexibility index (Phi) is 4.03. The van der Waals surface area contributed by atoms with Gasteiger partial charge in [-0.05, 0) is 23.8 Å². The second-order valence-electron chi connectivity index (χ2n) is 2.94. The summed E-state index contributed by atoms with van der Waals surface area (Å²) < 4.78 is 37.1. The van der Waals surface area contributed by atoms with Crippen LogP contribution in [0.25, 0.3) is 0 Å². The van der Waals surface area contributed by atoms with E-state index in [9.17, 15) is 18.3 Å². The zero-order valence-electron chi connectivity index (χ0n) is 7.35. The van der Waals surface area contributed by atoms with Crippen LogP contribution < -0.4 is 0 Å². The maximum atomic E-state index is 12.4. The molecule has 0 aliphatic heterocycles. The molecule has 1 N–H and O–H groups in total. The van der Waals surface area contributed by atoms with Gasteiger partial charge in [-0.2, -0.15) is 13.2 Å². The Bertz CT molecular complexity index is 354. The van der Waals surface area contributed by atoms with Gasteiger partial charge < -0.3 is 5.11 Å². The minimum absolute atomic E-state index is 0.0418. The van der Waals surface area contributed by atoms with E-state index in [1.807, 2.05) is 0 Å². The number of rotatable bonds is 2. The Morgan fingerprint density at radius 3 is 2.40 bits per heavy atom. The molecule has 1 aromatic carbocycles. The summed E-state index contributed by atoms with van der Waals surface area (Å²) in [5.41, 5.74) is -0.711. The van der Waals surface area contributed by atoms with Crippen molar-refractivity contribution in [3.63, 3.8) is 0 Å². The van der Waals surface area contributed by atoms with Crippen molar-refractivity contribution < 1.29 is 18.3 Å². The first-order valence-corrected chi connectivity index (χ1v) is 5.46. The van der Waals surface area contributed by atoms with Crippen molar-refractivity contribution in [2.24, 2.45) is 0 Å². The first kappa shape index (κ1) is 12.8. The molecule has 0 amide bonds. The zero-order chi connectivity index (χ0) is 11.6. The lowest BCUT2D eigenvalue weighted by atomic mass is 10.1. The van der Waals surface area contributed by atoms with Gasteiger partial charge in [-0.25, -0.2) is 0 Å². The van der Waals surface area contributed by atoms with Gasteiger partial charge >= 0.3 is 6.18 Å². The van der Waals surface area contributed by atoms with E-state index < -0.39 is 17.8 Å². The molecular weight excluding hydrogens is 296 g/mol. The number of alkyl halides is 4. The van der Waals surface area contributed by atoms with Gasteiger partial charge in [0.15, 0.2) is 0 Å². The molecule has 0 bridgehead atoms. The Morgan fingerprint density at radius 2 is 1.93 bits per heavy atom. The largest absolute Gasteiger partial charge is 0.416 e. The summed E-state index contributed by atoms with van der Waals surface area (Å²) in [7, 11) is 0. The molecule has 6 heteroatoms. The Morgan fingerprint density at radius 1 is 1.33 bits per heavy atom. The third-order valence-corrected chi connectivity index (χ3v) is 2.61. The fraction of sp³-hybridized carbons (Fsp3) is 0.333. The van der Waals surface area contributed by atoms with E-state index in [4.69, 9.17) is 11.6 Å². The Labute approximate surface area is 98.0 Å². The van der Waals surface area contributed by atoms with Crippen molar-refractivity contribution >= 4 is 27.5 Å². The number of benzene rings is 1. The van der Waals surface area contributed by atoms with Gasteiger partial charge in [0.25, 0.3) is 0 Å². The minimum atomic E-state index is -4.45. The van der Waals surface area contributed by atoms with Crippen LogP contribution in [0.3, 0.4) is 0 Å². The van der Waals surface area contributed by atoms with Crippen molar-refractivity contribution in [3.05, 3.63) is 34.3 Å². The van der Waals surface area contributed by atoms with E-state index >= 15 is 0 Å². The van der Waals surface area contributed by atoms with Gasteiger partial charge in [0, 0.05) is 10.4 Å². The molecule has 0 aliphatic carbocycles. The first-order valence-electron chi connectivity index (χ1n) is 3.96. The van der Waals surface area contributed by atoms with Crippen molar-refractivity contribution in [2.75, 3.05) is 5.33 Å². The fourth-order valence-electron chi connectivity index (χ4n) is 1.06. The van der Waals surface area contributed by atoms with Crippen LogP contribution in [0.1, 0.15) is 17.2 Å². The Balaban J connectivity index is 3.17. The summed E-state index contributed by atoms with van der Waals surface area (Å²) in [5.74, 6) is 0. The van der Waals surface area contributed by atoms with Crippen LogP contribution >= 0.6 is 27.5 Å². The minimum Gasteiger partial charge on any atom is -0.388 e. The predicted molar refractivity (Wildman–Crippen MR) is 55.2 cm³/mol. The van der Waals surface area contributed by atoms with E-state index in [1.54, 1.807) is 0 Å². The predicted octanol–water partition coefficient (Wildman–Crippen LogP) is 3.79. The highest BCUT2D eigenvalue weighted by atomic mass is 79.9. The highest BCUT2D eigenvalue weighted by Crippen LogP contribution is 2.33. The molecule has 0 aliphatic rings. The van der Waals surface area contributed by atoms with Crippen LogP contribution in [0.4, 0.5) is 13.2 Å². The SMILES string of the molecule is OC(CBr)c1cc(Cl)cc(C(F)(F)F)c1. The molecule has 0 aromatic heterocycles. The molecule has 0 spiro atoms. The van der Waals surface area contributed by atoms with E-state index in [2.05, 4.69) is 15.9 Å². The molecule has 0 fully saturated rings. The smallest absolute Gasteiger partial charge is 0.388 e. The fourth-order valence-corrected chi connectivity index (χ4v) is 1.67. The quantitative estimate of drug-likeness (QED) is 0.824. The summed E-state index contributed by atoms with van der Waals surface area (Å²) >= 11 is 8.51. The maximum Gasteiger partial charge on any atom is 0.416 e. The molecule has 0 saturated carbocycles. The molecule has 1 rings (SSSR count). The average molecular weight is 304 g/mol. The van der Waals surface area contributed by atoms with Gasteiger partial charge in [0.05, 0.1) is 11.7 Å². The monoisotopic (exact) mass is 302 g/mol. The summed E-state index contributed by atoms with van der Waals surface area (Å²) in [6.45, 7) is 0. The molecule has 0 heterocycles. The number of aliphatic hydroxyl groups excluding tert-OH is 1. The van der Waals surface area contributed by atoms with Crippen molar-refractivity contribution in [3.8, 4) is 0 Å². The number of hydrogen-bond acceptors (Lipinski definition) is 1. The van der Waals surface area contributed by atoms with E-state index in [1.165, 1.54) is 6.07 Å². The summed E-state index contributed by atoms with van der Waals surface area (Å²) in [6, 6.07) is 3.02. The number of hydrogen-bond donors (Lipinski definition) is 1. The first-order chi connectivity index (χ1) is 6.84. The Hall–Kier alpha value is -0.260. The van der Waals surface area contributed by atoms with Crippen LogP contribution in [0.2, 0.25) is 5.02 Å². The molecule has 1 unspecified atom stereocenters. The number of halogens is 5. The van der Waals surface area contributed by atoms with Crippen molar-refractivity contribution in [2.45, 2.75) is 12.3 Å². The molecule has 1 aromatic rings. The van der Waals surface area contributed by atoms with Gasteiger partial charge in [-0.3, -0.25) is 0 Å². The summed E-state index contributed by atoms with van der Waals surface area (Å²) in [5, 5.41) is 9.49. The topological polar surface area (TPSA) is 20.2 Å². The van der Waals surface area contributed by atoms with Crippen molar-refractivity contribution in [1.82, 2.24) is 0 Å². The number of aliphatic hydroxyl groups is 1. The maximum absolute atomic E-state index is 12.4. The molecule has 84 valence electrons. The van der Waals surface area contributed by atoms with Crippen molar-refractivity contribution in [1.29, 1.82) is 0 Å². The molecular formula is C9H7BrClF3O. The second-order valence-corrected chi connectivity index (χ2v) is 4.03. The standard InChI is InChI=1S/C9H7BrClF3O/c10-4-8(15)5-1-6(9(12,13)14)3-7(11)2-5/h1-3,8,15H,4H2.